The van der Waals surface area contributed by atoms with Crippen LogP contribution in [0, 0.1) is 5.92 Å². The standard InChI is InChI=1S/C16H22N2O3/c1-12-4-2-3-9-18(11-12)16(21)17-10-13-5-7-14(8-6-13)15(19)20/h5-8,12H,2-4,9-11H2,1H3,(H,17,21)(H,19,20). The number of benzene rings is 1. The van der Waals surface area contributed by atoms with Gasteiger partial charge in [-0.05, 0) is 36.5 Å². The zero-order chi connectivity index (χ0) is 15.2. The largest absolute Gasteiger partial charge is 0.478 e. The van der Waals surface area contributed by atoms with Gasteiger partial charge in [0, 0.05) is 19.6 Å². The SMILES string of the molecule is CC1CCCCN(C(=O)NCc2ccc(C(=O)O)cc2)C1. The van der Waals surface area contributed by atoms with Crippen molar-refractivity contribution in [3.63, 3.8) is 0 Å². The Morgan fingerprint density at radius 2 is 2.00 bits per heavy atom. The van der Waals surface area contributed by atoms with Gasteiger partial charge in [0.15, 0.2) is 0 Å². The molecule has 0 aliphatic carbocycles. The summed E-state index contributed by atoms with van der Waals surface area (Å²) < 4.78 is 0. The topological polar surface area (TPSA) is 69.6 Å². The summed E-state index contributed by atoms with van der Waals surface area (Å²) in [7, 11) is 0. The average molecular weight is 290 g/mol. The number of likely N-dealkylation sites (tertiary alicyclic amines) is 1. The molecule has 1 atom stereocenters. The molecule has 1 aromatic rings. The Balaban J connectivity index is 1.86. The summed E-state index contributed by atoms with van der Waals surface area (Å²) >= 11 is 0. The van der Waals surface area contributed by atoms with E-state index in [9.17, 15) is 9.59 Å². The first-order valence-electron chi connectivity index (χ1n) is 7.41. The fourth-order valence-corrected chi connectivity index (χ4v) is 2.59. The van der Waals surface area contributed by atoms with Crippen molar-refractivity contribution in [1.82, 2.24) is 10.2 Å². The minimum absolute atomic E-state index is 0.0361. The second-order valence-corrected chi connectivity index (χ2v) is 5.71. The number of carboxylic acid groups (broad SMARTS) is 1. The quantitative estimate of drug-likeness (QED) is 0.899. The lowest BCUT2D eigenvalue weighted by molar-refractivity contribution is 0.0697. The van der Waals surface area contributed by atoms with Gasteiger partial charge in [-0.2, -0.15) is 0 Å². The highest BCUT2D eigenvalue weighted by Gasteiger charge is 2.18. The van der Waals surface area contributed by atoms with Crippen molar-refractivity contribution >= 4 is 12.0 Å². The third-order valence-corrected chi connectivity index (χ3v) is 3.84. The molecule has 0 saturated carbocycles. The molecule has 0 aromatic heterocycles. The number of carbonyl (C=O) groups is 2. The van der Waals surface area contributed by atoms with Gasteiger partial charge in [0.2, 0.25) is 0 Å². The van der Waals surface area contributed by atoms with Crippen molar-refractivity contribution in [3.8, 4) is 0 Å². The summed E-state index contributed by atoms with van der Waals surface area (Å²) in [5.41, 5.74) is 1.16. The summed E-state index contributed by atoms with van der Waals surface area (Å²) in [6.07, 6.45) is 3.42. The van der Waals surface area contributed by atoms with Gasteiger partial charge >= 0.3 is 12.0 Å². The van der Waals surface area contributed by atoms with Crippen LogP contribution in [0.2, 0.25) is 0 Å². The van der Waals surface area contributed by atoms with Crippen LogP contribution in [0.3, 0.4) is 0 Å². The van der Waals surface area contributed by atoms with E-state index in [1.807, 2.05) is 4.90 Å². The highest BCUT2D eigenvalue weighted by Crippen LogP contribution is 2.15. The second-order valence-electron chi connectivity index (χ2n) is 5.71. The van der Waals surface area contributed by atoms with E-state index in [0.717, 1.165) is 25.1 Å². The maximum atomic E-state index is 12.2. The van der Waals surface area contributed by atoms with Gasteiger partial charge in [0.25, 0.3) is 0 Å². The van der Waals surface area contributed by atoms with Crippen molar-refractivity contribution in [2.24, 2.45) is 5.92 Å². The zero-order valence-electron chi connectivity index (χ0n) is 12.3. The summed E-state index contributed by atoms with van der Waals surface area (Å²) in [5, 5.41) is 11.7. The van der Waals surface area contributed by atoms with Gasteiger partial charge in [0.1, 0.15) is 0 Å². The predicted octanol–water partition coefficient (Wildman–Crippen LogP) is 2.72. The Labute approximate surface area is 125 Å². The number of nitrogens with zero attached hydrogens (tertiary/aromatic N) is 1. The lowest BCUT2D eigenvalue weighted by atomic mass is 10.1. The van der Waals surface area contributed by atoms with Gasteiger partial charge in [-0.25, -0.2) is 9.59 Å². The normalized spacial score (nSPS) is 18.9. The van der Waals surface area contributed by atoms with Crippen molar-refractivity contribution in [2.75, 3.05) is 13.1 Å². The molecule has 1 aromatic carbocycles. The Hall–Kier alpha value is -2.04. The van der Waals surface area contributed by atoms with Crippen molar-refractivity contribution < 1.29 is 14.7 Å². The first kappa shape index (κ1) is 15.4. The monoisotopic (exact) mass is 290 g/mol. The first-order chi connectivity index (χ1) is 10.1. The van der Waals surface area contributed by atoms with Crippen LogP contribution in [0.5, 0.6) is 0 Å². The number of hydrogen-bond acceptors (Lipinski definition) is 2. The lowest BCUT2D eigenvalue weighted by Crippen LogP contribution is -2.41. The second kappa shape index (κ2) is 7.11. The number of amides is 2. The molecule has 5 nitrogen and oxygen atoms in total. The minimum atomic E-state index is -0.941. The van der Waals surface area contributed by atoms with Crippen LogP contribution in [0.25, 0.3) is 0 Å². The van der Waals surface area contributed by atoms with Crippen LogP contribution in [0.15, 0.2) is 24.3 Å². The lowest BCUT2D eigenvalue weighted by Gasteiger charge is -2.23. The molecule has 2 rings (SSSR count). The molecule has 2 N–H and O–H groups in total. The van der Waals surface area contributed by atoms with E-state index in [0.29, 0.717) is 12.5 Å². The number of hydrogen-bond donors (Lipinski definition) is 2. The Bertz CT molecular complexity index is 499. The Morgan fingerprint density at radius 1 is 1.29 bits per heavy atom. The molecule has 0 radical (unpaired) electrons. The number of rotatable bonds is 3. The van der Waals surface area contributed by atoms with Crippen LogP contribution < -0.4 is 5.32 Å². The number of aromatic carboxylic acids is 1. The van der Waals surface area contributed by atoms with E-state index >= 15 is 0 Å². The molecule has 1 fully saturated rings. The maximum absolute atomic E-state index is 12.2. The summed E-state index contributed by atoms with van der Waals surface area (Å²) in [5.74, 6) is -0.391. The molecule has 114 valence electrons. The fraction of sp³-hybridized carbons (Fsp3) is 0.500. The van der Waals surface area contributed by atoms with Gasteiger partial charge in [-0.1, -0.05) is 25.5 Å². The molecular weight excluding hydrogens is 268 g/mol. The predicted molar refractivity (Wildman–Crippen MR) is 80.2 cm³/mol. The molecule has 1 aliphatic heterocycles. The number of carbonyl (C=O) groups excluding carboxylic acids is 1. The van der Waals surface area contributed by atoms with Gasteiger partial charge in [-0.15, -0.1) is 0 Å². The van der Waals surface area contributed by atoms with Gasteiger partial charge < -0.3 is 15.3 Å². The molecule has 5 heteroatoms. The summed E-state index contributed by atoms with van der Waals surface area (Å²) in [4.78, 5) is 24.8. The van der Waals surface area contributed by atoms with E-state index < -0.39 is 5.97 Å². The van der Waals surface area contributed by atoms with Crippen LogP contribution in [0.1, 0.15) is 42.1 Å². The third kappa shape index (κ3) is 4.48. The van der Waals surface area contributed by atoms with Gasteiger partial charge in [-0.3, -0.25) is 0 Å². The molecule has 1 heterocycles. The summed E-state index contributed by atoms with van der Waals surface area (Å²) in [6, 6.07) is 6.53. The van der Waals surface area contributed by atoms with E-state index in [-0.39, 0.29) is 11.6 Å². The highest BCUT2D eigenvalue weighted by atomic mass is 16.4. The number of carboxylic acids is 1. The molecule has 0 spiro atoms. The van der Waals surface area contributed by atoms with E-state index in [2.05, 4.69) is 12.2 Å². The average Bonchev–Trinajstić information content (AvgIpc) is 2.70. The minimum Gasteiger partial charge on any atom is -0.478 e. The highest BCUT2D eigenvalue weighted by molar-refractivity contribution is 5.87. The molecule has 0 bridgehead atoms. The molecule has 1 aliphatic rings. The molecule has 2 amide bonds. The molecule has 1 unspecified atom stereocenters. The first-order valence-corrected chi connectivity index (χ1v) is 7.41. The summed E-state index contributed by atoms with van der Waals surface area (Å²) in [6.45, 7) is 4.22. The molecule has 1 saturated heterocycles. The van der Waals surface area contributed by atoms with Crippen molar-refractivity contribution in [1.29, 1.82) is 0 Å². The van der Waals surface area contributed by atoms with Crippen molar-refractivity contribution in [3.05, 3.63) is 35.4 Å². The van der Waals surface area contributed by atoms with Crippen molar-refractivity contribution in [2.45, 2.75) is 32.7 Å². The Morgan fingerprint density at radius 3 is 2.67 bits per heavy atom. The van der Waals surface area contributed by atoms with Gasteiger partial charge in [0.05, 0.1) is 5.56 Å². The molecular formula is C16H22N2O3. The zero-order valence-corrected chi connectivity index (χ0v) is 12.3. The van der Waals surface area contributed by atoms with Crippen LogP contribution in [-0.4, -0.2) is 35.1 Å². The number of urea groups is 1. The third-order valence-electron chi connectivity index (χ3n) is 3.84. The smallest absolute Gasteiger partial charge is 0.335 e. The fourth-order valence-electron chi connectivity index (χ4n) is 2.59. The van der Waals surface area contributed by atoms with Crippen LogP contribution in [0.4, 0.5) is 4.79 Å². The Kier molecular flexibility index (Phi) is 5.20. The van der Waals surface area contributed by atoms with E-state index in [1.54, 1.807) is 24.3 Å². The maximum Gasteiger partial charge on any atom is 0.335 e. The van der Waals surface area contributed by atoms with Crippen LogP contribution >= 0.6 is 0 Å². The number of nitrogens with one attached hydrogen (secondary N) is 1. The van der Waals surface area contributed by atoms with Crippen LogP contribution in [-0.2, 0) is 6.54 Å². The van der Waals surface area contributed by atoms with E-state index in [1.165, 1.54) is 12.8 Å². The molecule has 21 heavy (non-hydrogen) atoms. The van der Waals surface area contributed by atoms with E-state index in [4.69, 9.17) is 5.11 Å².